The van der Waals surface area contributed by atoms with Gasteiger partial charge in [0.25, 0.3) is 0 Å². The van der Waals surface area contributed by atoms with Gasteiger partial charge in [0.05, 0.1) is 23.4 Å². The fourth-order valence-corrected chi connectivity index (χ4v) is 3.47. The number of benzene rings is 1. The van der Waals surface area contributed by atoms with Crippen LogP contribution in [0.1, 0.15) is 19.8 Å². The normalized spacial score (nSPS) is 16.4. The third-order valence-corrected chi connectivity index (χ3v) is 4.69. The molecule has 1 aliphatic heterocycles. The average Bonchev–Trinajstić information content (AvgIpc) is 3.14. The molecule has 2 heterocycles. The van der Waals surface area contributed by atoms with E-state index in [4.69, 9.17) is 4.74 Å². The van der Waals surface area contributed by atoms with Crippen LogP contribution in [0.5, 0.6) is 5.75 Å². The van der Waals surface area contributed by atoms with E-state index in [1.807, 2.05) is 30.0 Å². The maximum Gasteiger partial charge on any atom is 0.235 e. The second-order valence-corrected chi connectivity index (χ2v) is 6.55. The lowest BCUT2D eigenvalue weighted by molar-refractivity contribution is -0.129. The van der Waals surface area contributed by atoms with Gasteiger partial charge >= 0.3 is 0 Å². The number of amides is 1. The fraction of sp³-hybridized carbons (Fsp3) is 0.467. The number of aromatic nitrogens is 2. The summed E-state index contributed by atoms with van der Waals surface area (Å²) >= 11 is 1.48. The van der Waals surface area contributed by atoms with Gasteiger partial charge in [-0.1, -0.05) is 11.8 Å². The number of rotatable bonds is 4. The van der Waals surface area contributed by atoms with Gasteiger partial charge in [0, 0.05) is 19.2 Å². The van der Waals surface area contributed by atoms with E-state index in [0.29, 0.717) is 0 Å². The molecule has 6 heteroatoms. The number of imidazole rings is 1. The van der Waals surface area contributed by atoms with Gasteiger partial charge in [-0.2, -0.15) is 0 Å². The summed E-state index contributed by atoms with van der Waals surface area (Å²) in [4.78, 5) is 22.0. The number of carbonyl (C=O) groups is 1. The van der Waals surface area contributed by atoms with E-state index < -0.39 is 0 Å². The second-order valence-electron chi connectivity index (χ2n) is 5.22. The molecule has 1 aromatic heterocycles. The van der Waals surface area contributed by atoms with Gasteiger partial charge in [0.1, 0.15) is 5.75 Å². The first-order valence-corrected chi connectivity index (χ1v) is 8.04. The first-order chi connectivity index (χ1) is 10.2. The monoisotopic (exact) mass is 305 g/mol. The SMILES string of the molecule is COc1ccc2nc(S[C@@H](C)C(=O)N3CCCC3)[nH]c2c1. The maximum atomic E-state index is 12.3. The van der Waals surface area contributed by atoms with Crippen LogP contribution in [0.3, 0.4) is 0 Å². The van der Waals surface area contributed by atoms with Gasteiger partial charge < -0.3 is 14.6 Å². The first kappa shape index (κ1) is 14.3. The molecule has 21 heavy (non-hydrogen) atoms. The summed E-state index contributed by atoms with van der Waals surface area (Å²) in [5.41, 5.74) is 1.82. The van der Waals surface area contributed by atoms with Gasteiger partial charge in [-0.25, -0.2) is 4.98 Å². The van der Waals surface area contributed by atoms with Gasteiger partial charge in [0.15, 0.2) is 5.16 Å². The van der Waals surface area contributed by atoms with Crippen molar-refractivity contribution in [2.24, 2.45) is 0 Å². The summed E-state index contributed by atoms with van der Waals surface area (Å²) in [5, 5.41) is 0.656. The third kappa shape index (κ3) is 3.00. The number of carbonyl (C=O) groups excluding carboxylic acids is 1. The van der Waals surface area contributed by atoms with Crippen molar-refractivity contribution in [3.05, 3.63) is 18.2 Å². The minimum absolute atomic E-state index is 0.120. The van der Waals surface area contributed by atoms with Crippen molar-refractivity contribution < 1.29 is 9.53 Å². The zero-order valence-corrected chi connectivity index (χ0v) is 13.1. The Kier molecular flexibility index (Phi) is 4.05. The van der Waals surface area contributed by atoms with Crippen molar-refractivity contribution in [2.45, 2.75) is 30.2 Å². The van der Waals surface area contributed by atoms with Crippen LogP contribution in [0, 0.1) is 0 Å². The molecule has 0 spiro atoms. The van der Waals surface area contributed by atoms with E-state index in [1.165, 1.54) is 11.8 Å². The number of nitrogens with one attached hydrogen (secondary N) is 1. The Bertz CT molecular complexity index is 649. The van der Waals surface area contributed by atoms with Crippen LogP contribution in [0.25, 0.3) is 11.0 Å². The molecule has 0 unspecified atom stereocenters. The number of fused-ring (bicyclic) bond motifs is 1. The molecule has 3 rings (SSSR count). The van der Waals surface area contributed by atoms with Crippen LogP contribution in [-0.4, -0.2) is 46.2 Å². The molecule has 5 nitrogen and oxygen atoms in total. The van der Waals surface area contributed by atoms with Crippen molar-refractivity contribution in [3.63, 3.8) is 0 Å². The van der Waals surface area contributed by atoms with E-state index in [-0.39, 0.29) is 11.2 Å². The van der Waals surface area contributed by atoms with Crippen molar-refractivity contribution in [2.75, 3.05) is 20.2 Å². The summed E-state index contributed by atoms with van der Waals surface area (Å²) in [6.07, 6.45) is 2.24. The smallest absolute Gasteiger partial charge is 0.235 e. The quantitative estimate of drug-likeness (QED) is 0.882. The first-order valence-electron chi connectivity index (χ1n) is 7.16. The standard InChI is InChI=1S/C15H19N3O2S/c1-10(14(19)18-7-3-4-8-18)21-15-16-12-6-5-11(20-2)9-13(12)17-15/h5-6,9-10H,3-4,7-8H2,1-2H3,(H,16,17)/t10-/m0/s1. The van der Waals surface area contributed by atoms with Crippen LogP contribution >= 0.6 is 11.8 Å². The number of hydrogen-bond donors (Lipinski definition) is 1. The zero-order valence-electron chi connectivity index (χ0n) is 12.3. The molecule has 2 aromatic rings. The Morgan fingerprint density at radius 2 is 2.19 bits per heavy atom. The molecule has 0 aliphatic carbocycles. The van der Waals surface area contributed by atoms with Crippen LogP contribution in [0.15, 0.2) is 23.4 Å². The van der Waals surface area contributed by atoms with Crippen molar-refractivity contribution in [1.29, 1.82) is 0 Å². The maximum absolute atomic E-state index is 12.3. The molecular weight excluding hydrogens is 286 g/mol. The Labute approximate surface area is 128 Å². The third-order valence-electron chi connectivity index (χ3n) is 3.72. The molecule has 1 atom stereocenters. The Hall–Kier alpha value is -1.69. The number of ether oxygens (including phenoxy) is 1. The molecule has 112 valence electrons. The van der Waals surface area contributed by atoms with Crippen LogP contribution in [0.2, 0.25) is 0 Å². The lowest BCUT2D eigenvalue weighted by atomic mass is 10.3. The van der Waals surface area contributed by atoms with E-state index in [0.717, 1.165) is 47.9 Å². The summed E-state index contributed by atoms with van der Waals surface area (Å²) in [7, 11) is 1.64. The molecule has 1 aromatic carbocycles. The number of hydrogen-bond acceptors (Lipinski definition) is 4. The summed E-state index contributed by atoms with van der Waals surface area (Å²) in [6, 6.07) is 5.72. The van der Waals surface area contributed by atoms with Crippen LogP contribution in [0.4, 0.5) is 0 Å². The van der Waals surface area contributed by atoms with Gasteiger partial charge in [-0.15, -0.1) is 0 Å². The lowest BCUT2D eigenvalue weighted by Crippen LogP contribution is -2.34. The second kappa shape index (κ2) is 5.97. The minimum Gasteiger partial charge on any atom is -0.497 e. The summed E-state index contributed by atoms with van der Waals surface area (Å²) < 4.78 is 5.20. The zero-order chi connectivity index (χ0) is 14.8. The molecule has 1 fully saturated rings. The van der Waals surface area contributed by atoms with Gasteiger partial charge in [-0.3, -0.25) is 4.79 Å². The number of aromatic amines is 1. The highest BCUT2D eigenvalue weighted by Gasteiger charge is 2.24. The number of likely N-dealkylation sites (tertiary alicyclic amines) is 1. The van der Waals surface area contributed by atoms with Crippen LogP contribution in [-0.2, 0) is 4.79 Å². The molecular formula is C15H19N3O2S. The topological polar surface area (TPSA) is 58.2 Å². The van der Waals surface area contributed by atoms with Crippen molar-refractivity contribution in [3.8, 4) is 5.75 Å². The van der Waals surface area contributed by atoms with E-state index >= 15 is 0 Å². The Morgan fingerprint density at radius 1 is 1.43 bits per heavy atom. The number of nitrogens with zero attached hydrogens (tertiary/aromatic N) is 2. The molecule has 0 saturated carbocycles. The lowest BCUT2D eigenvalue weighted by Gasteiger charge is -2.19. The predicted molar refractivity (Wildman–Crippen MR) is 83.8 cm³/mol. The largest absolute Gasteiger partial charge is 0.497 e. The van der Waals surface area contributed by atoms with E-state index in [1.54, 1.807) is 7.11 Å². The highest BCUT2D eigenvalue weighted by molar-refractivity contribution is 8.00. The highest BCUT2D eigenvalue weighted by Crippen LogP contribution is 2.27. The minimum atomic E-state index is -0.120. The fourth-order valence-electron chi connectivity index (χ4n) is 2.56. The van der Waals surface area contributed by atoms with Gasteiger partial charge in [-0.05, 0) is 31.9 Å². The van der Waals surface area contributed by atoms with Crippen LogP contribution < -0.4 is 4.74 Å². The molecule has 0 radical (unpaired) electrons. The molecule has 1 aliphatic rings. The molecule has 1 saturated heterocycles. The van der Waals surface area contributed by atoms with E-state index in [2.05, 4.69) is 9.97 Å². The Morgan fingerprint density at radius 3 is 2.90 bits per heavy atom. The van der Waals surface area contributed by atoms with Crippen molar-refractivity contribution in [1.82, 2.24) is 14.9 Å². The highest BCUT2D eigenvalue weighted by atomic mass is 32.2. The average molecular weight is 305 g/mol. The predicted octanol–water partition coefficient (Wildman–Crippen LogP) is 2.67. The number of H-pyrrole nitrogens is 1. The summed E-state index contributed by atoms with van der Waals surface area (Å²) in [6.45, 7) is 3.72. The van der Waals surface area contributed by atoms with Gasteiger partial charge in [0.2, 0.25) is 5.91 Å². The number of methoxy groups -OCH3 is 1. The van der Waals surface area contributed by atoms with Crippen molar-refractivity contribution >= 4 is 28.7 Å². The number of thioether (sulfide) groups is 1. The summed E-state index contributed by atoms with van der Waals surface area (Å²) in [5.74, 6) is 0.999. The molecule has 1 N–H and O–H groups in total. The van der Waals surface area contributed by atoms with E-state index in [9.17, 15) is 4.79 Å². The Balaban J connectivity index is 1.73. The molecule has 0 bridgehead atoms. The molecule has 1 amide bonds.